The van der Waals surface area contributed by atoms with Crippen molar-refractivity contribution in [2.24, 2.45) is 0 Å². The monoisotopic (exact) mass is 644 g/mol. The first-order chi connectivity index (χ1) is 23.0. The molecule has 0 saturated carbocycles. The van der Waals surface area contributed by atoms with Gasteiger partial charge in [-0.3, -0.25) is 14.8 Å². The third-order valence-corrected chi connectivity index (χ3v) is 10.9. The van der Waals surface area contributed by atoms with Crippen molar-refractivity contribution in [1.29, 1.82) is 5.26 Å². The van der Waals surface area contributed by atoms with Gasteiger partial charge in [0.2, 0.25) is 0 Å². The molecule has 1 aromatic heterocycles. The maximum absolute atomic E-state index is 9.37. The minimum atomic E-state index is 0.620. The molecule has 4 nitrogen and oxygen atoms in total. The molecule has 0 spiro atoms. The summed E-state index contributed by atoms with van der Waals surface area (Å²) in [5.74, 6) is 0. The molecule has 2 aliphatic heterocycles. The summed E-state index contributed by atoms with van der Waals surface area (Å²) in [4.78, 5) is 9.50. The largest absolute Gasteiger partial charge is 0.299 e. The number of aromatic nitrogens is 1. The highest BCUT2D eigenvalue weighted by Crippen LogP contribution is 2.33. The third-order valence-electron chi connectivity index (χ3n) is 10.5. The molecule has 3 aromatic carbocycles. The van der Waals surface area contributed by atoms with E-state index in [0.717, 1.165) is 62.4 Å². The number of hydrogen-bond acceptors (Lipinski definition) is 4. The lowest BCUT2D eigenvalue weighted by Gasteiger charge is -2.28. The molecule has 0 amide bonds. The molecular weight excluding hydrogens is 596 g/mol. The zero-order valence-electron chi connectivity index (χ0n) is 28.3. The number of pyridine rings is 1. The molecule has 3 heterocycles. The fourth-order valence-electron chi connectivity index (χ4n) is 7.63. The van der Waals surface area contributed by atoms with Gasteiger partial charge in [0.1, 0.15) is 6.07 Å². The van der Waals surface area contributed by atoms with E-state index in [1.165, 1.54) is 102 Å². The van der Waals surface area contributed by atoms with Crippen molar-refractivity contribution in [2.45, 2.75) is 91.1 Å². The van der Waals surface area contributed by atoms with Crippen LogP contribution in [0.1, 0.15) is 88.6 Å². The van der Waals surface area contributed by atoms with Crippen LogP contribution in [0.15, 0.2) is 67.0 Å². The Bertz CT molecular complexity index is 1710. The standard InChI is InChI=1S/C42H49ClN4/c1-31-35(11-9-13-40(31)41-14-10-12-38(32(41)2)29-46-19-5-3-6-20-46)17-18-37-24-36(16-15-33-23-34(26-44)28-45-27-33)39(25-42(37)43)30-47-21-7-4-8-22-47/h9-14,23-25,27-28H,3-8,15-22,29-30H2,1-2H3. The number of nitrogens with zero attached hydrogens (tertiary/aromatic N) is 4. The van der Waals surface area contributed by atoms with E-state index in [1.54, 1.807) is 6.20 Å². The number of likely N-dealkylation sites (tertiary alicyclic amines) is 2. The molecule has 47 heavy (non-hydrogen) atoms. The first-order valence-corrected chi connectivity index (χ1v) is 18.1. The molecular formula is C42H49ClN4. The Morgan fingerprint density at radius 2 is 1.21 bits per heavy atom. The number of nitriles is 1. The lowest BCUT2D eigenvalue weighted by molar-refractivity contribution is 0.220. The van der Waals surface area contributed by atoms with E-state index in [-0.39, 0.29) is 0 Å². The van der Waals surface area contributed by atoms with Crippen molar-refractivity contribution < 1.29 is 0 Å². The van der Waals surface area contributed by atoms with E-state index in [1.807, 2.05) is 12.3 Å². The summed E-state index contributed by atoms with van der Waals surface area (Å²) in [7, 11) is 0. The van der Waals surface area contributed by atoms with Gasteiger partial charge in [-0.05, 0) is 159 Å². The maximum atomic E-state index is 9.37. The number of halogens is 1. The molecule has 0 radical (unpaired) electrons. The average molecular weight is 645 g/mol. The first-order valence-electron chi connectivity index (χ1n) is 17.7. The van der Waals surface area contributed by atoms with Crippen LogP contribution in [0.25, 0.3) is 11.1 Å². The van der Waals surface area contributed by atoms with Gasteiger partial charge < -0.3 is 0 Å². The fourth-order valence-corrected chi connectivity index (χ4v) is 7.91. The smallest absolute Gasteiger partial charge is 0.101 e. The molecule has 2 aliphatic rings. The molecule has 0 bridgehead atoms. The number of hydrogen-bond donors (Lipinski definition) is 0. The van der Waals surface area contributed by atoms with Crippen molar-refractivity contribution in [3.63, 3.8) is 0 Å². The SMILES string of the molecule is Cc1c(CCc2cc(CCc3cncc(C#N)c3)c(CN3CCCCC3)cc2Cl)cccc1-c1cccc(CN2CCCCC2)c1C. The average Bonchev–Trinajstić information content (AvgIpc) is 3.10. The summed E-state index contributed by atoms with van der Waals surface area (Å²) in [6.07, 6.45) is 15.0. The lowest BCUT2D eigenvalue weighted by Crippen LogP contribution is -2.29. The van der Waals surface area contributed by atoms with Crippen LogP contribution in [0.3, 0.4) is 0 Å². The summed E-state index contributed by atoms with van der Waals surface area (Å²) < 4.78 is 0. The summed E-state index contributed by atoms with van der Waals surface area (Å²) in [6.45, 7) is 11.3. The molecule has 0 N–H and O–H groups in total. The fraction of sp³-hybridized carbons (Fsp3) is 0.429. The topological polar surface area (TPSA) is 43.2 Å². The summed E-state index contributed by atoms with van der Waals surface area (Å²) >= 11 is 7.06. The van der Waals surface area contributed by atoms with E-state index in [4.69, 9.17) is 11.6 Å². The minimum Gasteiger partial charge on any atom is -0.299 e. The minimum absolute atomic E-state index is 0.620. The Kier molecular flexibility index (Phi) is 11.4. The highest BCUT2D eigenvalue weighted by Gasteiger charge is 2.18. The Morgan fingerprint density at radius 3 is 1.87 bits per heavy atom. The van der Waals surface area contributed by atoms with Gasteiger partial charge in [-0.15, -0.1) is 0 Å². The Morgan fingerprint density at radius 1 is 0.638 bits per heavy atom. The molecule has 0 aliphatic carbocycles. The Labute approximate surface area is 287 Å². The van der Waals surface area contributed by atoms with Crippen molar-refractivity contribution in [1.82, 2.24) is 14.8 Å². The van der Waals surface area contributed by atoms with Crippen molar-refractivity contribution in [2.75, 3.05) is 26.2 Å². The quantitative estimate of drug-likeness (QED) is 0.163. The summed E-state index contributed by atoms with van der Waals surface area (Å²) in [5, 5.41) is 10.2. The van der Waals surface area contributed by atoms with Crippen LogP contribution in [-0.4, -0.2) is 41.0 Å². The molecule has 0 atom stereocenters. The second-order valence-corrected chi connectivity index (χ2v) is 14.2. The number of aryl methyl sites for hydroxylation is 4. The van der Waals surface area contributed by atoms with Gasteiger partial charge >= 0.3 is 0 Å². The number of piperidine rings is 2. The third kappa shape index (κ3) is 8.52. The number of benzene rings is 3. The van der Waals surface area contributed by atoms with Crippen LogP contribution in [0.5, 0.6) is 0 Å². The molecule has 5 heteroatoms. The zero-order valence-corrected chi connectivity index (χ0v) is 29.1. The van der Waals surface area contributed by atoms with E-state index in [0.29, 0.717) is 5.56 Å². The van der Waals surface area contributed by atoms with Gasteiger partial charge in [0, 0.05) is 30.5 Å². The Balaban J connectivity index is 1.22. The second-order valence-electron chi connectivity index (χ2n) is 13.8. The van der Waals surface area contributed by atoms with Crippen LogP contribution >= 0.6 is 11.6 Å². The number of rotatable bonds is 11. The van der Waals surface area contributed by atoms with Gasteiger partial charge in [0.05, 0.1) is 5.56 Å². The zero-order chi connectivity index (χ0) is 32.6. The summed E-state index contributed by atoms with van der Waals surface area (Å²) in [5.41, 5.74) is 14.0. The van der Waals surface area contributed by atoms with E-state index in [9.17, 15) is 5.26 Å². The molecule has 0 unspecified atom stereocenters. The van der Waals surface area contributed by atoms with Crippen molar-refractivity contribution >= 4 is 11.6 Å². The van der Waals surface area contributed by atoms with Crippen LogP contribution < -0.4 is 0 Å². The highest BCUT2D eigenvalue weighted by molar-refractivity contribution is 6.31. The predicted molar refractivity (Wildman–Crippen MR) is 195 cm³/mol. The predicted octanol–water partition coefficient (Wildman–Crippen LogP) is 9.43. The van der Waals surface area contributed by atoms with Crippen LogP contribution in [0.2, 0.25) is 5.02 Å². The molecule has 4 aromatic rings. The van der Waals surface area contributed by atoms with Gasteiger partial charge in [0.25, 0.3) is 0 Å². The van der Waals surface area contributed by atoms with Gasteiger partial charge in [-0.25, -0.2) is 0 Å². The maximum Gasteiger partial charge on any atom is 0.101 e. The van der Waals surface area contributed by atoms with Crippen LogP contribution in [0.4, 0.5) is 0 Å². The Hall–Kier alpha value is -3.49. The van der Waals surface area contributed by atoms with E-state index in [2.05, 4.69) is 83.2 Å². The van der Waals surface area contributed by atoms with E-state index < -0.39 is 0 Å². The van der Waals surface area contributed by atoms with Crippen LogP contribution in [0, 0.1) is 25.2 Å². The van der Waals surface area contributed by atoms with Gasteiger partial charge in [-0.1, -0.05) is 66.9 Å². The van der Waals surface area contributed by atoms with Crippen molar-refractivity contribution in [3.05, 3.63) is 122 Å². The first kappa shape index (κ1) is 33.4. The molecule has 244 valence electrons. The van der Waals surface area contributed by atoms with Gasteiger partial charge in [-0.2, -0.15) is 5.26 Å². The molecule has 6 rings (SSSR count). The molecule has 2 fully saturated rings. The van der Waals surface area contributed by atoms with E-state index >= 15 is 0 Å². The van der Waals surface area contributed by atoms with Crippen LogP contribution in [-0.2, 0) is 38.8 Å². The normalized spacial score (nSPS) is 15.9. The second kappa shape index (κ2) is 16.1. The van der Waals surface area contributed by atoms with Crippen molar-refractivity contribution in [3.8, 4) is 17.2 Å². The van der Waals surface area contributed by atoms with Gasteiger partial charge in [0.15, 0.2) is 0 Å². The summed E-state index contributed by atoms with van der Waals surface area (Å²) in [6, 6.07) is 22.5. The lowest BCUT2D eigenvalue weighted by atomic mass is 9.89. The highest BCUT2D eigenvalue weighted by atomic mass is 35.5. The molecule has 2 saturated heterocycles.